The Morgan fingerprint density at radius 3 is 1.20 bits per heavy atom. The summed E-state index contributed by atoms with van der Waals surface area (Å²) in [5.41, 5.74) is 3.41. The van der Waals surface area contributed by atoms with E-state index in [4.69, 9.17) is 19.4 Å². The molecule has 10 rings (SSSR count). The van der Waals surface area contributed by atoms with Gasteiger partial charge in [0.15, 0.2) is 11.4 Å². The van der Waals surface area contributed by atoms with Gasteiger partial charge in [0.2, 0.25) is 0 Å². The van der Waals surface area contributed by atoms with E-state index in [1.54, 1.807) is 22.5 Å². The zero-order valence-corrected chi connectivity index (χ0v) is 53.5. The van der Waals surface area contributed by atoms with E-state index in [0.29, 0.717) is 63.5 Å². The molecule has 88 heavy (non-hydrogen) atoms. The Hall–Kier alpha value is -7.30. The fourth-order valence-corrected chi connectivity index (χ4v) is 13.6. The zero-order chi connectivity index (χ0) is 62.6. The number of piperazine rings is 2. The van der Waals surface area contributed by atoms with Crippen molar-refractivity contribution in [1.82, 2.24) is 38.7 Å². The van der Waals surface area contributed by atoms with Gasteiger partial charge in [-0.3, -0.25) is 9.59 Å². The van der Waals surface area contributed by atoms with Crippen molar-refractivity contribution < 1.29 is 38.9 Å². The van der Waals surface area contributed by atoms with E-state index in [1.807, 2.05) is 148 Å². The number of carbonyl (C=O) groups is 4. The van der Waals surface area contributed by atoms with Crippen LogP contribution in [0.1, 0.15) is 189 Å². The topological polar surface area (TPSA) is 176 Å². The first-order valence-electron chi connectivity index (χ1n) is 32.5. The molecule has 2 saturated heterocycles. The third-order valence-electron chi connectivity index (χ3n) is 18.0. The van der Waals surface area contributed by atoms with Crippen molar-refractivity contribution in [1.29, 1.82) is 0 Å². The molecule has 4 heterocycles. The zero-order valence-electron chi connectivity index (χ0n) is 53.5. The summed E-state index contributed by atoms with van der Waals surface area (Å²) in [4.78, 5) is 72.1. The number of benzene rings is 4. The minimum Gasteiger partial charge on any atom is -0.444 e. The molecule has 0 bridgehead atoms. The molecule has 2 aliphatic heterocycles. The fraction of sp³-hybridized carbons (Fsp3) is 0.528. The summed E-state index contributed by atoms with van der Waals surface area (Å²) in [5, 5.41) is 23.9. The summed E-state index contributed by atoms with van der Waals surface area (Å²) in [5.74, 6) is -0.305. The van der Waals surface area contributed by atoms with Crippen molar-refractivity contribution in [3.8, 4) is 22.5 Å². The molecular weight excluding hydrogens is 1100 g/mol. The third kappa shape index (κ3) is 15.9. The van der Waals surface area contributed by atoms with Crippen LogP contribution >= 0.6 is 0 Å². The smallest absolute Gasteiger partial charge is 0.410 e. The van der Waals surface area contributed by atoms with Crippen LogP contribution in [0.4, 0.5) is 9.59 Å². The van der Waals surface area contributed by atoms with Gasteiger partial charge in [0.1, 0.15) is 11.2 Å². The molecule has 6 aromatic rings. The highest BCUT2D eigenvalue weighted by atomic mass is 16.6. The number of aliphatic hydroxyl groups is 2. The van der Waals surface area contributed by atoms with Crippen molar-refractivity contribution in [2.24, 2.45) is 0 Å². The first kappa shape index (κ1) is 65.2. The Kier molecular flexibility index (Phi) is 21.4. The molecule has 6 atom stereocenters. The summed E-state index contributed by atoms with van der Waals surface area (Å²) in [6.07, 6.45) is 16.7. The molecule has 2 aromatic heterocycles. The first-order valence-corrected chi connectivity index (χ1v) is 32.5. The van der Waals surface area contributed by atoms with Crippen LogP contribution in [-0.4, -0.2) is 147 Å². The van der Waals surface area contributed by atoms with Gasteiger partial charge < -0.3 is 48.4 Å². The number of hydrogen-bond acceptors (Lipinski definition) is 10. The van der Waals surface area contributed by atoms with E-state index in [0.717, 1.165) is 124 Å². The Morgan fingerprint density at radius 2 is 0.864 bits per heavy atom. The Bertz CT molecular complexity index is 3020. The second-order valence-corrected chi connectivity index (χ2v) is 26.9. The van der Waals surface area contributed by atoms with Crippen molar-refractivity contribution >= 4 is 24.0 Å². The van der Waals surface area contributed by atoms with Crippen molar-refractivity contribution in [3.05, 3.63) is 156 Å². The van der Waals surface area contributed by atoms with Crippen LogP contribution in [0.2, 0.25) is 0 Å². The maximum Gasteiger partial charge on any atom is 0.410 e. The van der Waals surface area contributed by atoms with Gasteiger partial charge in [-0.1, -0.05) is 187 Å². The molecule has 0 radical (unpaired) electrons. The van der Waals surface area contributed by atoms with Gasteiger partial charge in [0.25, 0.3) is 11.8 Å². The SMILES string of the molecule is CCCC[C@@]1(O)CCCC[C@@H]1n1cnc(C(=O)N2CCN(C(=O)OC(C)(C)C)C[C@H]2Cc2ccccc2)c1-c1ccccc1.CCCC[C@]1(O)CCCC[C@H]1n1cnc(C(=O)N2CCN(C(=O)OC(C)(C)C)C[C@H]2Cc2ccccc2)c1-c1ccccc1. The van der Waals surface area contributed by atoms with Gasteiger partial charge >= 0.3 is 12.2 Å². The summed E-state index contributed by atoms with van der Waals surface area (Å²) < 4.78 is 15.6. The molecule has 4 aliphatic rings. The summed E-state index contributed by atoms with van der Waals surface area (Å²) in [6, 6.07) is 39.2. The molecule has 16 nitrogen and oxygen atoms in total. The second kappa shape index (κ2) is 28.9. The molecule has 0 spiro atoms. The number of unbranched alkanes of at least 4 members (excludes halogenated alkanes) is 2. The summed E-state index contributed by atoms with van der Waals surface area (Å²) in [7, 11) is 0. The van der Waals surface area contributed by atoms with E-state index in [1.165, 1.54) is 0 Å². The highest BCUT2D eigenvalue weighted by Crippen LogP contribution is 2.45. The van der Waals surface area contributed by atoms with Gasteiger partial charge in [-0.15, -0.1) is 0 Å². The average Bonchev–Trinajstić information content (AvgIpc) is 1.64. The van der Waals surface area contributed by atoms with Crippen LogP contribution in [0.25, 0.3) is 22.5 Å². The number of hydrogen-bond donors (Lipinski definition) is 2. The van der Waals surface area contributed by atoms with Crippen LogP contribution < -0.4 is 0 Å². The van der Waals surface area contributed by atoms with Crippen LogP contribution in [0.5, 0.6) is 0 Å². The fourth-order valence-electron chi connectivity index (χ4n) is 13.6. The molecule has 0 unspecified atom stereocenters. The number of carbonyl (C=O) groups excluding carboxylic acids is 4. The van der Waals surface area contributed by atoms with Gasteiger partial charge in [0.05, 0.1) is 59.4 Å². The van der Waals surface area contributed by atoms with Crippen LogP contribution in [-0.2, 0) is 22.3 Å². The van der Waals surface area contributed by atoms with Crippen LogP contribution in [0.15, 0.2) is 134 Å². The van der Waals surface area contributed by atoms with E-state index in [-0.39, 0.29) is 48.2 Å². The largest absolute Gasteiger partial charge is 0.444 e. The Balaban J connectivity index is 0.000000209. The third-order valence-corrected chi connectivity index (χ3v) is 18.0. The maximum absolute atomic E-state index is 14.6. The number of ether oxygens (including phenoxy) is 2. The van der Waals surface area contributed by atoms with Crippen LogP contribution in [0, 0.1) is 0 Å². The lowest BCUT2D eigenvalue weighted by Crippen LogP contribution is -2.58. The number of nitrogens with zero attached hydrogens (tertiary/aromatic N) is 8. The molecule has 2 aliphatic carbocycles. The van der Waals surface area contributed by atoms with Gasteiger partial charge in [0, 0.05) is 50.4 Å². The lowest BCUT2D eigenvalue weighted by Gasteiger charge is -2.42. The quantitative estimate of drug-likeness (QED) is 0.0948. The number of imidazole rings is 2. The molecule has 2 saturated carbocycles. The number of amides is 4. The molecule has 4 amide bonds. The predicted octanol–water partition coefficient (Wildman–Crippen LogP) is 13.8. The minimum absolute atomic E-state index is 0.153. The maximum atomic E-state index is 14.6. The van der Waals surface area contributed by atoms with Gasteiger partial charge in [-0.25, -0.2) is 19.6 Å². The number of aromatic nitrogens is 4. The standard InChI is InChI=1S/2C36H48N4O4/c2*1-5-6-20-36(43)21-14-13-19-30(36)40-26-37-31(32(40)28-17-11-8-12-18-28)33(41)39-23-22-38(34(42)44-35(2,3)4)25-29(39)24-27-15-9-7-10-16-27/h2*7-12,15-18,26,29-30,43H,5-6,13-14,19-25H2,1-4H3/t29-,30+,36-;29-,30-,36+/m11/s1. The lowest BCUT2D eigenvalue weighted by atomic mass is 9.77. The van der Waals surface area contributed by atoms with E-state index < -0.39 is 22.4 Å². The van der Waals surface area contributed by atoms with E-state index >= 15 is 0 Å². The average molecular weight is 1200 g/mol. The summed E-state index contributed by atoms with van der Waals surface area (Å²) in [6.45, 7) is 17.7. The van der Waals surface area contributed by atoms with E-state index in [2.05, 4.69) is 47.2 Å². The molecular formula is C72H96N8O8. The first-order chi connectivity index (χ1) is 42.2. The van der Waals surface area contributed by atoms with Crippen molar-refractivity contribution in [2.75, 3.05) is 39.3 Å². The molecule has 4 aromatic carbocycles. The minimum atomic E-state index is -0.840. The Labute approximate surface area is 522 Å². The highest BCUT2D eigenvalue weighted by Gasteiger charge is 2.45. The molecule has 16 heteroatoms. The Morgan fingerprint density at radius 1 is 0.511 bits per heavy atom. The summed E-state index contributed by atoms with van der Waals surface area (Å²) >= 11 is 0. The van der Waals surface area contributed by atoms with Gasteiger partial charge in [-0.05, 0) is 104 Å². The monoisotopic (exact) mass is 1200 g/mol. The molecule has 4 fully saturated rings. The number of rotatable bonds is 16. The van der Waals surface area contributed by atoms with Gasteiger partial charge in [-0.2, -0.15) is 0 Å². The predicted molar refractivity (Wildman–Crippen MR) is 345 cm³/mol. The molecule has 472 valence electrons. The van der Waals surface area contributed by atoms with Crippen LogP contribution in [0.3, 0.4) is 0 Å². The van der Waals surface area contributed by atoms with Crippen molar-refractivity contribution in [2.45, 2.75) is 205 Å². The second-order valence-electron chi connectivity index (χ2n) is 26.9. The normalized spacial score (nSPS) is 22.6. The lowest BCUT2D eigenvalue weighted by molar-refractivity contribution is -0.0494. The highest BCUT2D eigenvalue weighted by molar-refractivity contribution is 5.99. The van der Waals surface area contributed by atoms with Crippen molar-refractivity contribution in [3.63, 3.8) is 0 Å². The molecule has 2 N–H and O–H groups in total. The van der Waals surface area contributed by atoms with E-state index in [9.17, 15) is 29.4 Å².